The number of esters is 1. The third-order valence-corrected chi connectivity index (χ3v) is 3.00. The van der Waals surface area contributed by atoms with Gasteiger partial charge in [0, 0.05) is 6.08 Å². The van der Waals surface area contributed by atoms with Gasteiger partial charge in [0.15, 0.2) is 0 Å². The van der Waals surface area contributed by atoms with E-state index in [4.69, 9.17) is 9.47 Å². The minimum absolute atomic E-state index is 0.0447. The molecule has 0 radical (unpaired) electrons. The van der Waals surface area contributed by atoms with Gasteiger partial charge in [-0.05, 0) is 43.5 Å². The van der Waals surface area contributed by atoms with Crippen molar-refractivity contribution in [2.24, 2.45) is 0 Å². The standard InChI is InChI=1S/C17H22O3/c1-5-14(3)20-17(18)9-7-6-8-15-12-16(19-4)11-10-13(15)2/h6-12,14H,5H2,1-4H3/b8-6+,9-7+. The summed E-state index contributed by atoms with van der Waals surface area (Å²) in [5.74, 6) is 0.502. The van der Waals surface area contributed by atoms with Gasteiger partial charge in [-0.1, -0.05) is 31.2 Å². The van der Waals surface area contributed by atoms with E-state index in [2.05, 4.69) is 0 Å². The zero-order valence-electron chi connectivity index (χ0n) is 12.6. The van der Waals surface area contributed by atoms with E-state index < -0.39 is 0 Å². The molecule has 0 fully saturated rings. The van der Waals surface area contributed by atoms with Crippen molar-refractivity contribution in [1.82, 2.24) is 0 Å². The van der Waals surface area contributed by atoms with Crippen LogP contribution in [0.5, 0.6) is 5.75 Å². The molecule has 1 aromatic rings. The molecule has 0 saturated heterocycles. The average molecular weight is 274 g/mol. The second-order valence-corrected chi connectivity index (χ2v) is 4.60. The van der Waals surface area contributed by atoms with E-state index in [1.165, 1.54) is 6.08 Å². The lowest BCUT2D eigenvalue weighted by molar-refractivity contribution is -0.142. The third kappa shape index (κ3) is 5.31. The second kappa shape index (κ2) is 8.20. The van der Waals surface area contributed by atoms with Gasteiger partial charge in [0.2, 0.25) is 0 Å². The Hall–Kier alpha value is -2.03. The predicted octanol–water partition coefficient (Wildman–Crippen LogP) is 3.91. The minimum Gasteiger partial charge on any atom is -0.497 e. The molecule has 0 aliphatic carbocycles. The van der Waals surface area contributed by atoms with Gasteiger partial charge in [-0.15, -0.1) is 0 Å². The van der Waals surface area contributed by atoms with E-state index in [0.29, 0.717) is 0 Å². The van der Waals surface area contributed by atoms with Crippen molar-refractivity contribution in [3.63, 3.8) is 0 Å². The maximum atomic E-state index is 11.4. The van der Waals surface area contributed by atoms with Crippen LogP contribution >= 0.6 is 0 Å². The van der Waals surface area contributed by atoms with E-state index in [9.17, 15) is 4.79 Å². The van der Waals surface area contributed by atoms with Crippen LogP contribution in [0.15, 0.2) is 36.4 Å². The van der Waals surface area contributed by atoms with Crippen LogP contribution in [0.4, 0.5) is 0 Å². The van der Waals surface area contributed by atoms with Crippen molar-refractivity contribution in [2.75, 3.05) is 7.11 Å². The molecule has 0 aliphatic heterocycles. The fourth-order valence-corrected chi connectivity index (χ4v) is 1.54. The average Bonchev–Trinajstić information content (AvgIpc) is 2.45. The number of rotatable bonds is 6. The highest BCUT2D eigenvalue weighted by molar-refractivity contribution is 5.82. The monoisotopic (exact) mass is 274 g/mol. The first-order valence-corrected chi connectivity index (χ1v) is 6.76. The van der Waals surface area contributed by atoms with Crippen LogP contribution in [0.2, 0.25) is 0 Å². The SMILES string of the molecule is CCC(C)OC(=O)/C=C/C=C/c1cc(OC)ccc1C. The van der Waals surface area contributed by atoms with Crippen molar-refractivity contribution < 1.29 is 14.3 Å². The Kier molecular flexibility index (Phi) is 6.57. The molecule has 0 aromatic heterocycles. The summed E-state index contributed by atoms with van der Waals surface area (Å²) in [4.78, 5) is 11.4. The summed E-state index contributed by atoms with van der Waals surface area (Å²) in [5.41, 5.74) is 2.21. The van der Waals surface area contributed by atoms with Crippen molar-refractivity contribution in [3.05, 3.63) is 47.6 Å². The Morgan fingerprint density at radius 3 is 2.75 bits per heavy atom. The topological polar surface area (TPSA) is 35.5 Å². The Balaban J connectivity index is 2.62. The second-order valence-electron chi connectivity index (χ2n) is 4.60. The summed E-state index contributed by atoms with van der Waals surface area (Å²) in [5, 5.41) is 0. The normalized spacial score (nSPS) is 12.8. The summed E-state index contributed by atoms with van der Waals surface area (Å²) in [6.07, 6.45) is 7.64. The first-order valence-electron chi connectivity index (χ1n) is 6.76. The summed E-state index contributed by atoms with van der Waals surface area (Å²) in [7, 11) is 1.64. The maximum Gasteiger partial charge on any atom is 0.331 e. The highest BCUT2D eigenvalue weighted by Crippen LogP contribution is 2.18. The van der Waals surface area contributed by atoms with Crippen molar-refractivity contribution >= 4 is 12.0 Å². The number of carbonyl (C=O) groups excluding carboxylic acids is 1. The van der Waals surface area contributed by atoms with Crippen LogP contribution in [0.3, 0.4) is 0 Å². The first kappa shape index (κ1) is 16.0. The number of hydrogen-bond donors (Lipinski definition) is 0. The van der Waals surface area contributed by atoms with Gasteiger partial charge in [-0.3, -0.25) is 0 Å². The van der Waals surface area contributed by atoms with Gasteiger partial charge in [0.05, 0.1) is 13.2 Å². The molecular formula is C17H22O3. The molecular weight excluding hydrogens is 252 g/mol. The zero-order valence-corrected chi connectivity index (χ0v) is 12.6. The minimum atomic E-state index is -0.314. The molecule has 0 heterocycles. The van der Waals surface area contributed by atoms with Crippen LogP contribution in [0, 0.1) is 6.92 Å². The van der Waals surface area contributed by atoms with Gasteiger partial charge >= 0.3 is 5.97 Å². The fraction of sp³-hybridized carbons (Fsp3) is 0.353. The Labute approximate surface area is 120 Å². The van der Waals surface area contributed by atoms with Gasteiger partial charge in [0.25, 0.3) is 0 Å². The van der Waals surface area contributed by atoms with E-state index in [0.717, 1.165) is 23.3 Å². The quantitative estimate of drug-likeness (QED) is 0.448. The molecule has 1 aromatic carbocycles. The molecule has 1 atom stereocenters. The van der Waals surface area contributed by atoms with Crippen LogP contribution < -0.4 is 4.74 Å². The van der Waals surface area contributed by atoms with E-state index in [-0.39, 0.29) is 12.1 Å². The van der Waals surface area contributed by atoms with Crippen molar-refractivity contribution in [2.45, 2.75) is 33.3 Å². The number of allylic oxidation sites excluding steroid dienone is 2. The highest BCUT2D eigenvalue weighted by Gasteiger charge is 2.02. The lowest BCUT2D eigenvalue weighted by Gasteiger charge is -2.07. The molecule has 0 saturated carbocycles. The Morgan fingerprint density at radius 2 is 2.10 bits per heavy atom. The highest BCUT2D eigenvalue weighted by atomic mass is 16.5. The summed E-state index contributed by atoms with van der Waals surface area (Å²) in [6, 6.07) is 5.88. The number of carbonyl (C=O) groups is 1. The lowest BCUT2D eigenvalue weighted by Crippen LogP contribution is -2.11. The van der Waals surface area contributed by atoms with Gasteiger partial charge < -0.3 is 9.47 Å². The zero-order chi connectivity index (χ0) is 15.0. The number of hydrogen-bond acceptors (Lipinski definition) is 3. The van der Waals surface area contributed by atoms with E-state index >= 15 is 0 Å². The fourth-order valence-electron chi connectivity index (χ4n) is 1.54. The van der Waals surface area contributed by atoms with Gasteiger partial charge in [-0.2, -0.15) is 0 Å². The Morgan fingerprint density at radius 1 is 1.35 bits per heavy atom. The lowest BCUT2D eigenvalue weighted by atomic mass is 10.1. The first-order chi connectivity index (χ1) is 9.56. The van der Waals surface area contributed by atoms with Gasteiger partial charge in [-0.25, -0.2) is 4.79 Å². The van der Waals surface area contributed by atoms with Crippen LogP contribution in [0.1, 0.15) is 31.4 Å². The number of methoxy groups -OCH3 is 1. The number of benzene rings is 1. The molecule has 0 N–H and O–H groups in total. The van der Waals surface area contributed by atoms with Crippen molar-refractivity contribution in [3.8, 4) is 5.75 Å². The number of ether oxygens (including phenoxy) is 2. The molecule has 0 spiro atoms. The molecule has 0 bridgehead atoms. The summed E-state index contributed by atoms with van der Waals surface area (Å²) < 4.78 is 10.3. The van der Waals surface area contributed by atoms with Crippen LogP contribution in [-0.4, -0.2) is 19.2 Å². The molecule has 1 unspecified atom stereocenters. The van der Waals surface area contributed by atoms with E-state index in [1.54, 1.807) is 13.2 Å². The smallest absolute Gasteiger partial charge is 0.331 e. The van der Waals surface area contributed by atoms with Crippen molar-refractivity contribution in [1.29, 1.82) is 0 Å². The molecule has 0 amide bonds. The molecule has 0 aliphatic rings. The molecule has 3 heteroatoms. The largest absolute Gasteiger partial charge is 0.497 e. The third-order valence-electron chi connectivity index (χ3n) is 3.00. The molecule has 108 valence electrons. The summed E-state index contributed by atoms with van der Waals surface area (Å²) >= 11 is 0. The predicted molar refractivity (Wildman–Crippen MR) is 81.8 cm³/mol. The van der Waals surface area contributed by atoms with Crippen LogP contribution in [-0.2, 0) is 9.53 Å². The molecule has 3 nitrogen and oxygen atoms in total. The van der Waals surface area contributed by atoms with Crippen LogP contribution in [0.25, 0.3) is 6.08 Å². The van der Waals surface area contributed by atoms with E-state index in [1.807, 2.05) is 51.1 Å². The Bertz CT molecular complexity index is 501. The maximum absolute atomic E-state index is 11.4. The number of aryl methyl sites for hydroxylation is 1. The summed E-state index contributed by atoms with van der Waals surface area (Å²) in [6.45, 7) is 5.88. The molecule has 20 heavy (non-hydrogen) atoms. The van der Waals surface area contributed by atoms with Gasteiger partial charge in [0.1, 0.15) is 5.75 Å². The molecule has 1 rings (SSSR count).